The van der Waals surface area contributed by atoms with Crippen LogP contribution in [0.5, 0.6) is 0 Å². The molecule has 2 aromatic carbocycles. The molecule has 0 aromatic heterocycles. The van der Waals surface area contributed by atoms with Crippen molar-refractivity contribution >= 4 is 79.7 Å². The minimum absolute atomic E-state index is 0. The molecule has 2 saturated heterocycles. The molecule has 8 saturated carbocycles. The van der Waals surface area contributed by atoms with Crippen LogP contribution in [0, 0.1) is 0 Å². The molecule has 560 valence electrons. The Morgan fingerprint density at radius 3 is 0.677 bits per heavy atom. The summed E-state index contributed by atoms with van der Waals surface area (Å²) in [5.41, 5.74) is 14.2. The van der Waals surface area contributed by atoms with Crippen LogP contribution in [0.2, 0.25) is 0 Å². The number of hydrogen-bond donors (Lipinski definition) is 0. The third kappa shape index (κ3) is 34.4. The molecule has 0 N–H and O–H groups in total. The molecule has 0 atom stereocenters. The second kappa shape index (κ2) is 52.0. The van der Waals surface area contributed by atoms with Gasteiger partial charge in [-0.25, -0.2) is 0 Å². The first-order chi connectivity index (χ1) is 45.7. The van der Waals surface area contributed by atoms with E-state index >= 15 is 0 Å². The summed E-state index contributed by atoms with van der Waals surface area (Å²) in [6.07, 6.45) is 75.2. The topological polar surface area (TPSA) is 0 Å². The monoisotopic (exact) mass is 1700 g/mol. The molecule has 14 heteroatoms. The van der Waals surface area contributed by atoms with E-state index in [1.807, 2.05) is 69.9 Å². The molecule has 2 nitrogen and oxygen atoms in total. The van der Waals surface area contributed by atoms with E-state index in [-0.39, 0.29) is 56.5 Å². The first kappa shape index (κ1) is 89.4. The van der Waals surface area contributed by atoms with Gasteiger partial charge < -0.3 is 33.8 Å². The van der Waals surface area contributed by atoms with Crippen molar-refractivity contribution in [3.63, 3.8) is 0 Å². The third-order valence-electron chi connectivity index (χ3n) is 25.2. The van der Waals surface area contributed by atoms with Gasteiger partial charge in [0, 0.05) is 57.4 Å². The van der Waals surface area contributed by atoms with Crippen LogP contribution in [0.3, 0.4) is 0 Å². The van der Waals surface area contributed by atoms with Crippen LogP contribution in [-0.2, 0) is 27.0 Å². The molecule has 10 fully saturated rings. The number of piperidine rings is 2. The normalized spacial score (nSPS) is 23.7. The van der Waals surface area contributed by atoms with E-state index in [0.717, 1.165) is 11.1 Å². The van der Waals surface area contributed by atoms with Crippen LogP contribution in [0.1, 0.15) is 320 Å². The Labute approximate surface area is 638 Å². The van der Waals surface area contributed by atoms with Crippen molar-refractivity contribution in [2.45, 2.75) is 366 Å². The maximum atomic E-state index is 5.67. The third-order valence-corrected chi connectivity index (χ3v) is 46.7. The van der Waals surface area contributed by atoms with Gasteiger partial charge in [-0.05, 0) is 218 Å². The Morgan fingerprint density at radius 1 is 0.302 bits per heavy atom. The Morgan fingerprint density at radius 2 is 0.490 bits per heavy atom. The summed E-state index contributed by atoms with van der Waals surface area (Å²) < 4.78 is 6.43. The number of hydrogen-bond acceptors (Lipinski definition) is 0. The molecular formula is C82H148Cl6N2P4Ru2+4. The summed E-state index contributed by atoms with van der Waals surface area (Å²) in [4.78, 5) is 0. The van der Waals surface area contributed by atoms with Gasteiger partial charge in [-0.1, -0.05) is 65.2 Å². The molecule has 2 aromatic rings. The minimum atomic E-state index is -1.61. The van der Waals surface area contributed by atoms with Crippen molar-refractivity contribution in [2.24, 2.45) is 0 Å². The Kier molecular flexibility index (Phi) is 48.4. The quantitative estimate of drug-likeness (QED) is 0.0893. The van der Waals surface area contributed by atoms with Gasteiger partial charge in [0.05, 0.1) is 123 Å². The van der Waals surface area contributed by atoms with Crippen molar-refractivity contribution in [3.8, 4) is 0 Å². The first-order valence-electron chi connectivity index (χ1n) is 40.6. The van der Waals surface area contributed by atoms with E-state index in [0.29, 0.717) is 0 Å². The van der Waals surface area contributed by atoms with Gasteiger partial charge in [-0.2, -0.15) is 0 Å². The van der Waals surface area contributed by atoms with Crippen LogP contribution in [0.4, 0.5) is 0 Å². The summed E-state index contributed by atoms with van der Waals surface area (Å²) in [6.45, 7) is 10.7. The second-order valence-electron chi connectivity index (χ2n) is 33.1. The van der Waals surface area contributed by atoms with E-state index in [9.17, 15) is 0 Å². The molecular weight excluding hydrogens is 1550 g/mol. The Hall–Kier alpha value is 2.81. The van der Waals surface area contributed by atoms with Crippen LogP contribution in [-0.4, -0.2) is 141 Å². The van der Waals surface area contributed by atoms with Crippen molar-refractivity contribution in [1.29, 1.82) is 0 Å². The summed E-state index contributed by atoms with van der Waals surface area (Å²) in [5, 5.41) is 0. The summed E-state index contributed by atoms with van der Waals surface area (Å²) in [5.74, 6) is 0. The van der Waals surface area contributed by atoms with E-state index in [1.165, 1.54) is 156 Å². The van der Waals surface area contributed by atoms with Crippen molar-refractivity contribution < 1.29 is 60.8 Å². The van der Waals surface area contributed by atoms with Crippen molar-refractivity contribution in [1.82, 2.24) is 0 Å². The van der Waals surface area contributed by atoms with Gasteiger partial charge in [-0.3, -0.25) is 0 Å². The van der Waals surface area contributed by atoms with E-state index < -0.39 is 27.0 Å². The number of halogens is 6. The average Bonchev–Trinajstić information content (AvgIpc) is 0.831. The number of quaternary nitrogens is 2. The Balaban J connectivity index is 0.000000212. The molecule has 12 rings (SSSR count). The molecule has 2 heterocycles. The number of likely N-dealkylation sites (tertiary alicyclic amines) is 2. The maximum absolute atomic E-state index is 5.67. The van der Waals surface area contributed by atoms with E-state index in [4.69, 9.17) is 38.8 Å². The predicted molar refractivity (Wildman–Crippen MR) is 435 cm³/mol. The number of benzene rings is 2. The molecule has 0 bridgehead atoms. The fraction of sp³-hybridized carbons (Fsp3) is 0.829. The Bertz CT molecular complexity index is 2030. The number of nitrogens with zero attached hydrogens (tertiary/aromatic N) is 2. The van der Waals surface area contributed by atoms with Gasteiger partial charge in [-0.15, -0.1) is 0 Å². The van der Waals surface area contributed by atoms with Crippen LogP contribution >= 0.6 is 70.5 Å². The molecule has 2 aliphatic heterocycles. The zero-order valence-electron chi connectivity index (χ0n) is 62.3. The van der Waals surface area contributed by atoms with E-state index in [2.05, 4.69) is 42.0 Å². The van der Waals surface area contributed by atoms with Gasteiger partial charge in [0.2, 0.25) is 0 Å². The predicted octanol–water partition coefficient (Wildman–Crippen LogP) is 20.3. The van der Waals surface area contributed by atoms with Gasteiger partial charge in [0.1, 0.15) is 0 Å². The fourth-order valence-corrected chi connectivity index (χ4v) is 42.6. The first-order valence-corrected chi connectivity index (χ1v) is 58.7. The molecule has 8 aliphatic carbocycles. The molecule has 0 amide bonds. The van der Waals surface area contributed by atoms with Crippen LogP contribution in [0.25, 0.3) is 0 Å². The van der Waals surface area contributed by atoms with Crippen LogP contribution in [0.15, 0.2) is 60.7 Å². The fourth-order valence-electron chi connectivity index (χ4n) is 20.1. The summed E-state index contributed by atoms with van der Waals surface area (Å²) >= 11 is -3.23. The van der Waals surface area contributed by atoms with Gasteiger partial charge in [0.25, 0.3) is 0 Å². The molecule has 0 spiro atoms. The van der Waals surface area contributed by atoms with Crippen molar-refractivity contribution in [2.75, 3.05) is 66.7 Å². The molecule has 96 heavy (non-hydrogen) atoms. The summed E-state index contributed by atoms with van der Waals surface area (Å²) in [7, 11) is 32.2. The SMILES string of the molecule is CCC[PH+](C1CCCCC1)C1CCCCC1.CCC[PH+](C1CCCCC1)C1CCCCC1.C[N+]1(C)CCC([PH+](C2CCCCC2)C2CCCCC2)CC1.C[N+]1(C)CCC([PH+](C2CCCCC2)C2CCCCC2)CC1.[Cl-].[Cl-].[Cl][Ru]([Cl])=[CH]c1ccccc1.[Cl][Ru]([Cl])=[CH]c1ccccc1. The summed E-state index contributed by atoms with van der Waals surface area (Å²) in [6, 6.07) is 19.8. The molecule has 0 unspecified atom stereocenters. The zero-order valence-corrected chi connectivity index (χ0v) is 74.4. The second-order valence-corrected chi connectivity index (χ2v) is 58.0. The zero-order chi connectivity index (χ0) is 66.6. The van der Waals surface area contributed by atoms with Crippen LogP contribution < -0.4 is 24.8 Å². The average molecular weight is 1700 g/mol. The van der Waals surface area contributed by atoms with Gasteiger partial charge >= 0.3 is 147 Å². The van der Waals surface area contributed by atoms with Gasteiger partial charge in [0.15, 0.2) is 0 Å². The number of rotatable bonds is 16. The molecule has 10 aliphatic rings. The van der Waals surface area contributed by atoms with Crippen molar-refractivity contribution in [3.05, 3.63) is 71.8 Å². The molecule has 0 radical (unpaired) electrons. The standard InChI is InChI=1S/2C19H37NP.2C15H29P.2C7H6.6ClH.2Ru/c2*1-20(2)15-13-19(14-16-20)21(17-9-5-3-6-10-17)18-11-7-4-8-12-18;2*1-2-13-16(14-9-5-3-6-10-14)15-11-7-4-8-12-15;2*1-7-5-3-2-4-6-7;;;;;;;;/h2*17-19H,3-16H2,1-2H3;2*14-15H,2-13H2,1H3;2*1-6H;6*1H;;/q2*+1;;;;;;;;;;;2*+2/p-2. The van der Waals surface area contributed by atoms with E-state index in [1.54, 1.807) is 243 Å².